The number of nitrogens with zero attached hydrogens (tertiary/aromatic N) is 5. The maximum absolute atomic E-state index is 11.6. The van der Waals surface area contributed by atoms with Crippen molar-refractivity contribution in [2.75, 3.05) is 65.6 Å². The number of azo groups is 1. The third-order valence-corrected chi connectivity index (χ3v) is 15.6. The largest absolute Gasteiger partial charge is 0.501 e. The van der Waals surface area contributed by atoms with E-state index in [2.05, 4.69) is 132 Å². The average Bonchev–Trinajstić information content (AvgIpc) is 0.847. The summed E-state index contributed by atoms with van der Waals surface area (Å²) in [5, 5.41) is 60.3. The number of nitro groups is 2. The van der Waals surface area contributed by atoms with Gasteiger partial charge in [0.05, 0.1) is 51.1 Å². The number of aromatic hydroxyl groups is 1. The molecule has 1 saturated heterocycles. The number of hydrogen-bond acceptors (Lipinski definition) is 20. The van der Waals surface area contributed by atoms with Gasteiger partial charge in [-0.2, -0.15) is 0 Å². The van der Waals surface area contributed by atoms with Gasteiger partial charge in [-0.1, -0.05) is 126 Å². The van der Waals surface area contributed by atoms with Crippen molar-refractivity contribution in [2.45, 2.75) is 66.0 Å². The van der Waals surface area contributed by atoms with Crippen LogP contribution in [0.25, 0.3) is 0 Å². The van der Waals surface area contributed by atoms with Crippen LogP contribution >= 0.6 is 31.1 Å². The van der Waals surface area contributed by atoms with Gasteiger partial charge in [0.25, 0.3) is 29.5 Å². The van der Waals surface area contributed by atoms with E-state index in [-0.39, 0.29) is 50.6 Å². The molecule has 30 heteroatoms. The van der Waals surface area contributed by atoms with Crippen molar-refractivity contribution >= 4 is 128 Å². The molecule has 0 aliphatic carbocycles. The standard InChI is InChI=1S/C18H15P.C13H17N3O2.C9H7ClN2O4.C9H10N2O2.C6H5ClN2O3.C4H6N2O2.C4H8O3/c1-4-10-16(11-5-1)19(17-12-6-2-7-13-17)18-14-8-3-9-15-18;1-9-13(17)15-10-3-2-4-11(12(10)18-9)16-7-5-14-6-8-16;1-4-9(13)11-6-2-5(10)3-7(12(14)15)8(6)16-4;1-5-9(12)11-7-4-2-3-6(10)8(7)13-5;7-3-1-4(8)6(10)5(2-3)9(11)12;1-3(7)5-6-4(2)8;1-3(5)4(6)7-2/h1-15H;2-4,9,14H,5-8H2,1H3,(H,15,17);2-4H,1H3,(H,11,13);2-5H,10H2,1H3,(H,11,12);1-2,10H,8H2;1-2H3;3,5H,1-2H3/t;9-;4-;5-;;;3-/m.111..0/s1. The summed E-state index contributed by atoms with van der Waals surface area (Å²) in [4.78, 5) is 85.9. The number of nitrogen functional groups attached to an aromatic ring is 2. The molecule has 4 atom stereocenters. The van der Waals surface area contributed by atoms with Crippen LogP contribution in [0.15, 0.2) is 162 Å². The molecule has 490 valence electrons. The summed E-state index contributed by atoms with van der Waals surface area (Å²) in [6, 6.07) is 48.4. The van der Waals surface area contributed by atoms with Crippen LogP contribution in [0.4, 0.5) is 45.5 Å². The topological polar surface area (TPSA) is 394 Å². The fourth-order valence-corrected chi connectivity index (χ4v) is 11.0. The van der Waals surface area contributed by atoms with E-state index >= 15 is 0 Å². The van der Waals surface area contributed by atoms with Crippen LogP contribution in [-0.4, -0.2) is 113 Å². The number of halogens is 2. The van der Waals surface area contributed by atoms with Gasteiger partial charge in [-0.25, -0.2) is 4.79 Å². The maximum Gasteiger partial charge on any atom is 0.334 e. The minimum absolute atomic E-state index is 0.0431. The van der Waals surface area contributed by atoms with Crippen molar-refractivity contribution in [3.8, 4) is 23.0 Å². The Labute approximate surface area is 545 Å². The Balaban J connectivity index is 0.000000202. The highest BCUT2D eigenvalue weighted by Crippen LogP contribution is 2.42. The zero-order chi connectivity index (χ0) is 68.5. The molecule has 11 rings (SSSR count). The Bertz CT molecular complexity index is 3690. The van der Waals surface area contributed by atoms with Gasteiger partial charge in [-0.15, -0.1) is 10.2 Å². The molecule has 93 heavy (non-hydrogen) atoms. The van der Waals surface area contributed by atoms with Gasteiger partial charge in [0.15, 0.2) is 29.8 Å². The van der Waals surface area contributed by atoms with Gasteiger partial charge < -0.3 is 66.8 Å². The van der Waals surface area contributed by atoms with Crippen LogP contribution in [0.1, 0.15) is 41.5 Å². The number of aliphatic hydroxyl groups excluding tert-OH is 1. The number of ether oxygens (including phenoxy) is 4. The normalized spacial score (nSPS) is 15.7. The number of methoxy groups -OCH3 is 1. The number of aliphatic hydroxyl groups is 1. The van der Waals surface area contributed by atoms with Crippen LogP contribution < -0.4 is 67.8 Å². The number of fused-ring (bicyclic) bond motifs is 3. The van der Waals surface area contributed by atoms with Crippen LogP contribution in [0, 0.1) is 20.2 Å². The molecule has 4 aliphatic heterocycles. The van der Waals surface area contributed by atoms with Crippen molar-refractivity contribution in [2.24, 2.45) is 10.2 Å². The number of carbonyl (C=O) groups excluding carboxylic acids is 6. The number of anilines is 6. The molecular formula is C63H68Cl2N11O16P. The van der Waals surface area contributed by atoms with E-state index in [1.165, 1.54) is 68.9 Å². The number of nitrogens with two attached hydrogens (primary N) is 2. The summed E-state index contributed by atoms with van der Waals surface area (Å²) in [6.45, 7) is 12.7. The van der Waals surface area contributed by atoms with E-state index < -0.39 is 71.4 Å². The number of rotatable bonds is 7. The second kappa shape index (κ2) is 35.9. The number of nitro benzene ring substituents is 2. The summed E-state index contributed by atoms with van der Waals surface area (Å²) in [5.74, 6) is -1.24. The highest BCUT2D eigenvalue weighted by atomic mass is 35.5. The molecule has 4 aliphatic rings. The van der Waals surface area contributed by atoms with Gasteiger partial charge in [-0.05, 0) is 87.9 Å². The van der Waals surface area contributed by atoms with E-state index in [4.69, 9.17) is 59.1 Å². The zero-order valence-corrected chi connectivity index (χ0v) is 53.7. The van der Waals surface area contributed by atoms with E-state index in [1.54, 1.807) is 32.0 Å². The molecule has 7 aromatic carbocycles. The lowest BCUT2D eigenvalue weighted by molar-refractivity contribution is -0.386. The average molecular weight is 1340 g/mol. The lowest BCUT2D eigenvalue weighted by atomic mass is 10.1. The molecular weight excluding hydrogens is 1270 g/mol. The van der Waals surface area contributed by atoms with Crippen molar-refractivity contribution in [1.82, 2.24) is 5.32 Å². The van der Waals surface area contributed by atoms with Gasteiger partial charge in [-0.3, -0.25) is 44.2 Å². The van der Waals surface area contributed by atoms with Crippen LogP contribution in [0.3, 0.4) is 0 Å². The van der Waals surface area contributed by atoms with E-state index in [0.29, 0.717) is 17.1 Å². The number of piperazine rings is 1. The first-order valence-electron chi connectivity index (χ1n) is 28.1. The third-order valence-electron chi connectivity index (χ3n) is 12.7. The van der Waals surface area contributed by atoms with Crippen LogP contribution in [0.5, 0.6) is 23.0 Å². The lowest BCUT2D eigenvalue weighted by Crippen LogP contribution is -2.44. The number of phenols is 1. The molecule has 0 radical (unpaired) electrons. The second-order valence-electron chi connectivity index (χ2n) is 19.8. The Morgan fingerprint density at radius 2 is 1.02 bits per heavy atom. The number of para-hydroxylation sites is 2. The summed E-state index contributed by atoms with van der Waals surface area (Å²) in [7, 11) is 0.785. The van der Waals surface area contributed by atoms with E-state index in [0.717, 1.165) is 49.4 Å². The Hall–Kier alpha value is -10.3. The van der Waals surface area contributed by atoms with E-state index in [9.17, 15) is 49.0 Å². The first-order chi connectivity index (χ1) is 44.2. The molecule has 0 unspecified atom stereocenters. The molecule has 5 amide bonds. The Morgan fingerprint density at radius 3 is 1.45 bits per heavy atom. The van der Waals surface area contributed by atoms with Crippen molar-refractivity contribution in [3.05, 3.63) is 182 Å². The Morgan fingerprint density at radius 1 is 0.613 bits per heavy atom. The van der Waals surface area contributed by atoms with Gasteiger partial charge in [0.2, 0.25) is 11.5 Å². The van der Waals surface area contributed by atoms with Gasteiger partial charge >= 0.3 is 17.3 Å². The van der Waals surface area contributed by atoms with Crippen LogP contribution in [-0.2, 0) is 33.5 Å². The fraction of sp³-hybridized carbons (Fsp3) is 0.238. The quantitative estimate of drug-likeness (QED) is 0.0140. The summed E-state index contributed by atoms with van der Waals surface area (Å²) in [6.07, 6.45) is -2.66. The predicted octanol–water partition coefficient (Wildman–Crippen LogP) is 8.82. The number of benzene rings is 7. The van der Waals surface area contributed by atoms with Crippen molar-refractivity contribution < 1.29 is 67.8 Å². The minimum Gasteiger partial charge on any atom is -0.501 e. The first kappa shape index (κ1) is 73.4. The molecule has 4 heterocycles. The molecule has 0 aromatic heterocycles. The highest BCUT2D eigenvalue weighted by Gasteiger charge is 2.32. The zero-order valence-electron chi connectivity index (χ0n) is 51.3. The number of carbonyl (C=O) groups is 6. The smallest absolute Gasteiger partial charge is 0.334 e. The monoisotopic (exact) mass is 1340 g/mol. The summed E-state index contributed by atoms with van der Waals surface area (Å²) < 4.78 is 20.4. The predicted molar refractivity (Wildman–Crippen MR) is 356 cm³/mol. The second-order valence-corrected chi connectivity index (χ2v) is 22.9. The van der Waals surface area contributed by atoms with Crippen molar-refractivity contribution in [1.29, 1.82) is 0 Å². The molecule has 1 fully saturated rings. The minimum atomic E-state index is -0.995. The number of amides is 5. The van der Waals surface area contributed by atoms with Gasteiger partial charge in [0.1, 0.15) is 6.10 Å². The lowest BCUT2D eigenvalue weighted by Gasteiger charge is -2.33. The molecule has 0 saturated carbocycles. The molecule has 27 nitrogen and oxygen atoms in total. The third kappa shape index (κ3) is 22.3. The number of esters is 1. The highest BCUT2D eigenvalue weighted by molar-refractivity contribution is 7.79. The molecule has 0 bridgehead atoms. The maximum atomic E-state index is 11.6. The fourth-order valence-electron chi connectivity index (χ4n) is 8.25. The number of hydrogen-bond donors (Lipinski definition) is 8. The van der Waals surface area contributed by atoms with E-state index in [1.807, 2.05) is 18.2 Å². The first-order valence-corrected chi connectivity index (χ1v) is 30.2. The SMILES string of the molecule is CC(=O)N=NC(C)=O.COC(=O)[C@H](C)O.C[C@H]1Oc2c(N)cccc2NC1=O.C[C@H]1Oc2c(cc(Cl)cc2[N+](=O)[O-])NC1=O.C[C@H]1Oc2c(cccc2N2CCNCC2)NC1=O.Nc1cc(Cl)cc([N+](=O)[O-])c1O.c1ccc(P(c2ccccc2)c2ccccc2)cc1. The summed E-state index contributed by atoms with van der Waals surface area (Å²) in [5.41, 5.74) is 13.3. The molecule has 0 spiro atoms. The molecule has 7 aromatic rings. The Kier molecular flexibility index (Phi) is 28.4. The summed E-state index contributed by atoms with van der Waals surface area (Å²) >= 11 is 11.2. The molecule has 10 N–H and O–H groups in total. The van der Waals surface area contributed by atoms with Crippen molar-refractivity contribution in [3.63, 3.8) is 0 Å². The number of nitrogens with one attached hydrogen (secondary N) is 4. The number of phenolic OH excluding ortho intramolecular Hbond substituents is 1. The van der Waals surface area contributed by atoms with Gasteiger partial charge in [0, 0.05) is 62.2 Å². The van der Waals surface area contributed by atoms with Crippen LogP contribution in [0.2, 0.25) is 10.0 Å².